The molecule has 63 heavy (non-hydrogen) atoms. The number of hydrogen-bond acceptors (Lipinski definition) is 9. The number of fused-ring (bicyclic) bond motifs is 3. The average Bonchev–Trinajstić information content (AvgIpc) is 3.62. The largest absolute Gasteiger partial charge is 0.543 e. The van der Waals surface area contributed by atoms with Crippen molar-refractivity contribution in [3.8, 4) is 23.0 Å². The van der Waals surface area contributed by atoms with Gasteiger partial charge in [-0.1, -0.05) is 47.6 Å². The molecule has 0 aliphatic carbocycles. The maximum Gasteiger partial charge on any atom is 0.410 e. The summed E-state index contributed by atoms with van der Waals surface area (Å²) in [5, 5.41) is 1.07. The predicted octanol–water partition coefficient (Wildman–Crippen LogP) is 10.7. The maximum atomic E-state index is 17.3. The van der Waals surface area contributed by atoms with Gasteiger partial charge in [0.2, 0.25) is 0 Å². The quantitative estimate of drug-likeness (QED) is 0.0975. The highest BCUT2D eigenvalue weighted by Crippen LogP contribution is 2.46. The summed E-state index contributed by atoms with van der Waals surface area (Å²) in [7, 11) is -2.52. The fourth-order valence-electron chi connectivity index (χ4n) is 10.7. The number of carbonyl (C=O) groups is 1. The molecule has 1 unspecified atom stereocenters. The Kier molecular flexibility index (Phi) is 13.9. The van der Waals surface area contributed by atoms with Crippen LogP contribution in [0.5, 0.6) is 11.8 Å². The topological polar surface area (TPSA) is 119 Å². The van der Waals surface area contributed by atoms with E-state index in [-0.39, 0.29) is 64.5 Å². The first-order chi connectivity index (χ1) is 29.8. The molecule has 0 bridgehead atoms. The number of halogens is 3. The van der Waals surface area contributed by atoms with E-state index in [1.54, 1.807) is 17.0 Å². The van der Waals surface area contributed by atoms with Crippen molar-refractivity contribution < 1.29 is 36.6 Å². The first kappa shape index (κ1) is 46.8. The molecule has 1 amide bonds. The Morgan fingerprint density at radius 1 is 1.02 bits per heavy atom. The van der Waals surface area contributed by atoms with Crippen LogP contribution in [0.2, 0.25) is 16.6 Å². The van der Waals surface area contributed by atoms with Gasteiger partial charge in [-0.05, 0) is 123 Å². The van der Waals surface area contributed by atoms with Gasteiger partial charge in [-0.2, -0.15) is 4.98 Å². The Hall–Kier alpha value is -4.21. The number of nitrogens with zero attached hydrogens (tertiary/aromatic N) is 4. The van der Waals surface area contributed by atoms with Gasteiger partial charge in [0.05, 0.1) is 23.6 Å². The molecule has 0 saturated carbocycles. The minimum absolute atomic E-state index is 0.0659. The van der Waals surface area contributed by atoms with Crippen molar-refractivity contribution >= 4 is 36.1 Å². The molecular formula is C48H66F3N5O6Si. The van der Waals surface area contributed by atoms with Crippen LogP contribution in [0.25, 0.3) is 32.9 Å². The van der Waals surface area contributed by atoms with Gasteiger partial charge < -0.3 is 23.5 Å². The highest BCUT2D eigenvalue weighted by atomic mass is 28.4. The van der Waals surface area contributed by atoms with Crippen LogP contribution in [0, 0.1) is 11.6 Å². The zero-order valence-electron chi connectivity index (χ0n) is 38.5. The van der Waals surface area contributed by atoms with Crippen molar-refractivity contribution in [3.63, 3.8) is 0 Å². The summed E-state index contributed by atoms with van der Waals surface area (Å²) in [4.78, 5) is 41.8. The summed E-state index contributed by atoms with van der Waals surface area (Å²) in [6, 6.07) is 6.63. The van der Waals surface area contributed by atoms with Gasteiger partial charge in [0.1, 0.15) is 41.2 Å². The van der Waals surface area contributed by atoms with Crippen LogP contribution in [-0.4, -0.2) is 102 Å². The number of amides is 1. The van der Waals surface area contributed by atoms with Crippen molar-refractivity contribution in [2.24, 2.45) is 0 Å². The van der Waals surface area contributed by atoms with Crippen LogP contribution in [0.1, 0.15) is 113 Å². The van der Waals surface area contributed by atoms with Crippen LogP contribution in [-0.2, 0) is 15.9 Å². The van der Waals surface area contributed by atoms with E-state index in [1.807, 2.05) is 26.8 Å². The number of ether oxygens (including phenoxy) is 3. The van der Waals surface area contributed by atoms with Crippen LogP contribution < -0.4 is 14.7 Å². The van der Waals surface area contributed by atoms with Gasteiger partial charge in [0.15, 0.2) is 5.82 Å². The van der Waals surface area contributed by atoms with Gasteiger partial charge >= 0.3 is 6.09 Å². The fraction of sp³-hybridized carbons (Fsp3) is 0.625. The highest BCUT2D eigenvalue weighted by Gasteiger charge is 2.50. The molecule has 3 atom stereocenters. The van der Waals surface area contributed by atoms with Crippen LogP contribution in [0.4, 0.5) is 18.0 Å². The van der Waals surface area contributed by atoms with E-state index in [4.69, 9.17) is 18.6 Å². The molecule has 15 heteroatoms. The van der Waals surface area contributed by atoms with E-state index >= 15 is 8.78 Å². The van der Waals surface area contributed by atoms with Crippen LogP contribution >= 0.6 is 0 Å². The Morgan fingerprint density at radius 3 is 2.48 bits per heavy atom. The number of aromatic nitrogens is 3. The summed E-state index contributed by atoms with van der Waals surface area (Å²) < 4.78 is 73.3. The fourth-order valence-corrected chi connectivity index (χ4v) is 16.0. The third kappa shape index (κ3) is 9.75. The van der Waals surface area contributed by atoms with Gasteiger partial charge in [0, 0.05) is 37.9 Å². The zero-order chi connectivity index (χ0) is 45.4. The second-order valence-corrected chi connectivity index (χ2v) is 25.3. The predicted molar refractivity (Wildman–Crippen MR) is 243 cm³/mol. The lowest BCUT2D eigenvalue weighted by atomic mass is 9.93. The average molecular weight is 894 g/mol. The number of carbonyl (C=O) groups excluding carboxylic acids is 1. The molecule has 2 aromatic heterocycles. The molecule has 3 aliphatic heterocycles. The van der Waals surface area contributed by atoms with Crippen molar-refractivity contribution in [3.05, 3.63) is 58.0 Å². The molecule has 3 saturated heterocycles. The third-order valence-corrected chi connectivity index (χ3v) is 19.5. The van der Waals surface area contributed by atoms with Gasteiger partial charge in [-0.25, -0.2) is 18.0 Å². The molecule has 0 radical (unpaired) electrons. The Balaban J connectivity index is 1.25. The minimum atomic E-state index is -2.52. The van der Waals surface area contributed by atoms with E-state index in [2.05, 4.69) is 61.4 Å². The lowest BCUT2D eigenvalue weighted by Gasteiger charge is -2.42. The first-order valence-corrected chi connectivity index (χ1v) is 25.1. The molecule has 5 heterocycles. The first-order valence-electron chi connectivity index (χ1n) is 23.0. The smallest absolute Gasteiger partial charge is 0.410 e. The zero-order valence-corrected chi connectivity index (χ0v) is 39.5. The highest BCUT2D eigenvalue weighted by molar-refractivity contribution is 6.78. The number of H-pyrrole nitrogens is 1. The molecule has 3 fully saturated rings. The normalized spacial score (nSPS) is 21.2. The lowest BCUT2D eigenvalue weighted by Crippen LogP contribution is -2.50. The second kappa shape index (κ2) is 18.7. The number of pyridine rings is 1. The van der Waals surface area contributed by atoms with E-state index in [1.165, 1.54) is 12.3 Å². The van der Waals surface area contributed by atoms with Crippen LogP contribution in [0.15, 0.2) is 35.3 Å². The van der Waals surface area contributed by atoms with Crippen molar-refractivity contribution in [1.29, 1.82) is 0 Å². The van der Waals surface area contributed by atoms with Crippen molar-refractivity contribution in [1.82, 2.24) is 24.8 Å². The van der Waals surface area contributed by atoms with E-state index < -0.39 is 42.8 Å². The summed E-state index contributed by atoms with van der Waals surface area (Å²) in [5.74, 6) is -0.766. The Morgan fingerprint density at radius 2 is 1.76 bits per heavy atom. The molecule has 3 aliphatic rings. The summed E-state index contributed by atoms with van der Waals surface area (Å²) >= 11 is 0. The molecule has 0 spiro atoms. The number of benzene rings is 2. The molecule has 11 nitrogen and oxygen atoms in total. The number of rotatable bonds is 14. The van der Waals surface area contributed by atoms with E-state index in [9.17, 15) is 14.0 Å². The summed E-state index contributed by atoms with van der Waals surface area (Å²) in [6.07, 6.45) is 5.03. The standard InChI is InChI=1S/C48H66F3N5O6Si/c1-29(2)63(30(3)4,31(5)6)62-35-22-32-16-17-39(50)36(15-12-21-59-34-14-10-11-19-55(27-34)46(58)61-47(7,8)9)40(32)37(23-35)42-41(51)43-38(25-52-42)44(57)54-45(53-43)60-28-48-18-13-20-56(48)26-33(49)24-48/h16-17,22-23,25,29-31,33-34H,10-15,18-21,24,26-28H2,1-9H3,(H,53,54,57)/t33-,34?,48+/m1/s1. The lowest BCUT2D eigenvalue weighted by molar-refractivity contribution is 0.000746. The van der Waals surface area contributed by atoms with Crippen molar-refractivity contribution in [2.45, 2.75) is 154 Å². The number of aryl methyl sites for hydroxylation is 1. The molecular weight excluding hydrogens is 828 g/mol. The number of aromatic amines is 1. The second-order valence-electron chi connectivity index (χ2n) is 20.0. The molecule has 1 N–H and O–H groups in total. The minimum Gasteiger partial charge on any atom is -0.543 e. The molecule has 344 valence electrons. The number of likely N-dealkylation sites (tertiary alicyclic amines) is 1. The molecule has 2 aromatic carbocycles. The summed E-state index contributed by atoms with van der Waals surface area (Å²) in [6.45, 7) is 21.2. The third-order valence-electron chi connectivity index (χ3n) is 13.5. The molecule has 4 aromatic rings. The van der Waals surface area contributed by atoms with Gasteiger partial charge in [-0.3, -0.25) is 19.7 Å². The Bertz CT molecular complexity index is 2330. The van der Waals surface area contributed by atoms with Gasteiger partial charge in [0.25, 0.3) is 19.9 Å². The monoisotopic (exact) mass is 893 g/mol. The van der Waals surface area contributed by atoms with E-state index in [0.717, 1.165) is 38.6 Å². The Labute approximate surface area is 370 Å². The van der Waals surface area contributed by atoms with Crippen LogP contribution in [0.3, 0.4) is 0 Å². The molecule has 7 rings (SSSR count). The number of nitrogens with one attached hydrogen (secondary N) is 1. The number of hydrogen-bond donors (Lipinski definition) is 1. The number of alkyl halides is 1. The summed E-state index contributed by atoms with van der Waals surface area (Å²) in [5.41, 5.74) is -0.658. The van der Waals surface area contributed by atoms with Gasteiger partial charge in [-0.15, -0.1) is 0 Å². The van der Waals surface area contributed by atoms with Crippen molar-refractivity contribution in [2.75, 3.05) is 39.4 Å². The van der Waals surface area contributed by atoms with E-state index in [0.29, 0.717) is 66.7 Å². The maximum absolute atomic E-state index is 17.3. The SMILES string of the molecule is CC(C)[Si](Oc1cc(-c2ncc3c(=O)[nH]c(OC[C@@]45CCCN4C[C@H](F)C5)nc3c2F)c2c(CCCOC3CCCCN(C(=O)OC(C)(C)C)C3)c(F)ccc2c1)(C(C)C)C(C)C.